The number of nitrogens with zero attached hydrogens (tertiary/aromatic N) is 1. The highest BCUT2D eigenvalue weighted by molar-refractivity contribution is 5.94. The Morgan fingerprint density at radius 3 is 2.62 bits per heavy atom. The summed E-state index contributed by atoms with van der Waals surface area (Å²) in [6.45, 7) is 3.74. The zero-order valence-electron chi connectivity index (χ0n) is 12.3. The quantitative estimate of drug-likeness (QED) is 0.807. The Balaban J connectivity index is 3.00. The summed E-state index contributed by atoms with van der Waals surface area (Å²) in [6.07, 6.45) is 0.450. The van der Waals surface area contributed by atoms with Gasteiger partial charge < -0.3 is 15.1 Å². The highest BCUT2D eigenvalue weighted by Crippen LogP contribution is 2.15. The molecule has 0 unspecified atom stereocenters. The van der Waals surface area contributed by atoms with Gasteiger partial charge >= 0.3 is 0 Å². The van der Waals surface area contributed by atoms with Crippen LogP contribution >= 0.6 is 0 Å². The average Bonchev–Trinajstić information content (AvgIpc) is 2.45. The van der Waals surface area contributed by atoms with Crippen LogP contribution in [0.1, 0.15) is 36.2 Å². The molecule has 1 aromatic carbocycles. The van der Waals surface area contributed by atoms with Crippen molar-refractivity contribution in [2.45, 2.75) is 26.3 Å². The Morgan fingerprint density at radius 1 is 1.38 bits per heavy atom. The van der Waals surface area contributed by atoms with E-state index in [0.29, 0.717) is 18.5 Å². The third-order valence-electron chi connectivity index (χ3n) is 2.95. The number of amides is 1. The van der Waals surface area contributed by atoms with Crippen LogP contribution in [-0.4, -0.2) is 46.8 Å². The second kappa shape index (κ2) is 8.40. The fourth-order valence-corrected chi connectivity index (χ4v) is 1.90. The molecule has 1 aromatic rings. The number of carbonyl (C=O) groups is 1. The molecule has 0 heterocycles. The molecule has 5 heteroatoms. The third-order valence-corrected chi connectivity index (χ3v) is 2.95. The van der Waals surface area contributed by atoms with Crippen molar-refractivity contribution in [2.24, 2.45) is 0 Å². The Labute approximate surface area is 124 Å². The van der Waals surface area contributed by atoms with Crippen LogP contribution in [0.25, 0.3) is 0 Å². The van der Waals surface area contributed by atoms with E-state index >= 15 is 0 Å². The monoisotopic (exact) mass is 293 g/mol. The van der Waals surface area contributed by atoms with Crippen LogP contribution < -0.4 is 0 Å². The molecule has 0 fully saturated rings. The van der Waals surface area contributed by atoms with E-state index in [1.165, 1.54) is 17.0 Å². The number of hydrogen-bond donors (Lipinski definition) is 2. The lowest BCUT2D eigenvalue weighted by atomic mass is 10.1. The average molecular weight is 293 g/mol. The van der Waals surface area contributed by atoms with E-state index < -0.39 is 11.7 Å². The SMILES string of the molecule is CC(C)N(CCCO)C(=O)c1ccc(C#CCO)cc1F. The van der Waals surface area contributed by atoms with Gasteiger partial charge in [0.2, 0.25) is 0 Å². The molecule has 0 aliphatic heterocycles. The third kappa shape index (κ3) is 4.85. The number of halogens is 1. The van der Waals surface area contributed by atoms with Crippen LogP contribution in [-0.2, 0) is 0 Å². The number of carbonyl (C=O) groups excluding carboxylic acids is 1. The molecule has 0 radical (unpaired) electrons. The largest absolute Gasteiger partial charge is 0.396 e. The van der Waals surface area contributed by atoms with Crippen LogP contribution in [0.4, 0.5) is 4.39 Å². The first-order valence-electron chi connectivity index (χ1n) is 6.82. The summed E-state index contributed by atoms with van der Waals surface area (Å²) in [4.78, 5) is 13.9. The Kier molecular flexibility index (Phi) is 6.86. The van der Waals surface area contributed by atoms with Crippen LogP contribution in [0, 0.1) is 17.7 Å². The lowest BCUT2D eigenvalue weighted by molar-refractivity contribution is 0.0688. The summed E-state index contributed by atoms with van der Waals surface area (Å²) >= 11 is 0. The van der Waals surface area contributed by atoms with Gasteiger partial charge in [-0.15, -0.1) is 0 Å². The van der Waals surface area contributed by atoms with Crippen molar-refractivity contribution in [1.29, 1.82) is 0 Å². The van der Waals surface area contributed by atoms with E-state index in [2.05, 4.69) is 11.8 Å². The number of aliphatic hydroxyl groups is 2. The van der Waals surface area contributed by atoms with Gasteiger partial charge in [0.1, 0.15) is 12.4 Å². The molecule has 0 aliphatic carbocycles. The molecule has 0 aliphatic rings. The van der Waals surface area contributed by atoms with Gasteiger partial charge in [0, 0.05) is 24.8 Å². The van der Waals surface area contributed by atoms with Gasteiger partial charge in [-0.3, -0.25) is 4.79 Å². The number of benzene rings is 1. The van der Waals surface area contributed by atoms with Crippen molar-refractivity contribution in [3.8, 4) is 11.8 Å². The van der Waals surface area contributed by atoms with Gasteiger partial charge in [0.15, 0.2) is 0 Å². The maximum absolute atomic E-state index is 14.0. The highest BCUT2D eigenvalue weighted by atomic mass is 19.1. The smallest absolute Gasteiger partial charge is 0.257 e. The fraction of sp³-hybridized carbons (Fsp3) is 0.438. The molecular weight excluding hydrogens is 273 g/mol. The van der Waals surface area contributed by atoms with Gasteiger partial charge in [-0.1, -0.05) is 11.8 Å². The lowest BCUT2D eigenvalue weighted by Gasteiger charge is -2.26. The molecule has 0 aromatic heterocycles. The van der Waals surface area contributed by atoms with Gasteiger partial charge in [0.05, 0.1) is 5.56 Å². The first-order chi connectivity index (χ1) is 10.0. The summed E-state index contributed by atoms with van der Waals surface area (Å²) in [5.74, 6) is 3.97. The maximum atomic E-state index is 14.0. The van der Waals surface area contributed by atoms with Crippen molar-refractivity contribution in [3.63, 3.8) is 0 Å². The van der Waals surface area contributed by atoms with E-state index in [0.717, 1.165) is 0 Å². The van der Waals surface area contributed by atoms with Crippen molar-refractivity contribution in [3.05, 3.63) is 35.1 Å². The summed E-state index contributed by atoms with van der Waals surface area (Å²) in [7, 11) is 0. The molecule has 1 rings (SSSR count). The lowest BCUT2D eigenvalue weighted by Crippen LogP contribution is -2.38. The summed E-state index contributed by atoms with van der Waals surface area (Å²) in [5, 5.41) is 17.5. The molecule has 114 valence electrons. The second-order valence-electron chi connectivity index (χ2n) is 4.82. The van der Waals surface area contributed by atoms with Crippen molar-refractivity contribution >= 4 is 5.91 Å². The molecule has 21 heavy (non-hydrogen) atoms. The van der Waals surface area contributed by atoms with Crippen molar-refractivity contribution in [2.75, 3.05) is 19.8 Å². The first kappa shape index (κ1) is 17.2. The summed E-state index contributed by atoms with van der Waals surface area (Å²) < 4.78 is 14.0. The minimum atomic E-state index is -0.639. The Bertz CT molecular complexity index is 546. The van der Waals surface area contributed by atoms with Crippen molar-refractivity contribution < 1.29 is 19.4 Å². The normalized spacial score (nSPS) is 10.2. The van der Waals surface area contributed by atoms with Gasteiger partial charge in [-0.05, 0) is 38.5 Å². The predicted octanol–water partition coefficient (Wildman–Crippen LogP) is 1.40. The molecule has 0 bridgehead atoms. The predicted molar refractivity (Wildman–Crippen MR) is 78.2 cm³/mol. The summed E-state index contributed by atoms with van der Waals surface area (Å²) in [5.41, 5.74) is 0.390. The van der Waals surface area contributed by atoms with E-state index in [1.807, 2.05) is 13.8 Å². The molecule has 0 spiro atoms. The zero-order chi connectivity index (χ0) is 15.8. The zero-order valence-corrected chi connectivity index (χ0v) is 12.3. The number of rotatable bonds is 5. The minimum absolute atomic E-state index is 0.0174. The van der Waals surface area contributed by atoms with Gasteiger partial charge in [-0.25, -0.2) is 4.39 Å². The molecule has 2 N–H and O–H groups in total. The van der Waals surface area contributed by atoms with Crippen LogP contribution in [0.15, 0.2) is 18.2 Å². The van der Waals surface area contributed by atoms with E-state index in [4.69, 9.17) is 10.2 Å². The van der Waals surface area contributed by atoms with Crippen LogP contribution in [0.2, 0.25) is 0 Å². The van der Waals surface area contributed by atoms with Gasteiger partial charge in [0.25, 0.3) is 5.91 Å². The molecule has 0 atom stereocenters. The van der Waals surface area contributed by atoms with Crippen molar-refractivity contribution in [1.82, 2.24) is 4.90 Å². The molecule has 4 nitrogen and oxygen atoms in total. The van der Waals surface area contributed by atoms with E-state index in [-0.39, 0.29) is 24.8 Å². The van der Waals surface area contributed by atoms with E-state index in [9.17, 15) is 9.18 Å². The van der Waals surface area contributed by atoms with Crippen LogP contribution in [0.3, 0.4) is 0 Å². The fourth-order valence-electron chi connectivity index (χ4n) is 1.90. The highest BCUT2D eigenvalue weighted by Gasteiger charge is 2.21. The molecule has 1 amide bonds. The second-order valence-corrected chi connectivity index (χ2v) is 4.82. The minimum Gasteiger partial charge on any atom is -0.396 e. The maximum Gasteiger partial charge on any atom is 0.257 e. The van der Waals surface area contributed by atoms with Crippen LogP contribution in [0.5, 0.6) is 0 Å². The van der Waals surface area contributed by atoms with Gasteiger partial charge in [-0.2, -0.15) is 0 Å². The molecular formula is C16H20FNO3. The summed E-state index contributed by atoms with van der Waals surface area (Å²) in [6, 6.07) is 4.04. The Hall–Kier alpha value is -1.90. The topological polar surface area (TPSA) is 60.8 Å². The Morgan fingerprint density at radius 2 is 2.10 bits per heavy atom. The number of aliphatic hydroxyl groups excluding tert-OH is 2. The number of hydrogen-bond acceptors (Lipinski definition) is 3. The molecule has 0 saturated heterocycles. The first-order valence-corrected chi connectivity index (χ1v) is 6.82. The standard InChI is InChI=1S/C16H20FNO3/c1-12(2)18(8-4-10-20)16(21)14-7-6-13(5-3-9-19)11-15(14)17/h6-7,11-12,19-20H,4,8-10H2,1-2H3. The van der Waals surface area contributed by atoms with E-state index in [1.54, 1.807) is 6.07 Å². The molecule has 0 saturated carbocycles.